The molecule has 18 heavy (non-hydrogen) atoms. The molecular weight excluding hydrogens is 270 g/mol. The molecule has 3 rings (SSSR count). The van der Waals surface area contributed by atoms with Gasteiger partial charge in [0.2, 0.25) is 0 Å². The average Bonchev–Trinajstić information content (AvgIpc) is 2.94. The number of thiophene rings is 1. The first-order chi connectivity index (χ1) is 8.65. The summed E-state index contributed by atoms with van der Waals surface area (Å²) in [5, 5.41) is 0. The van der Waals surface area contributed by atoms with Gasteiger partial charge in [0, 0.05) is 5.69 Å². The molecule has 2 N–H and O–H groups in total. The third-order valence-corrected chi connectivity index (χ3v) is 3.79. The molecule has 0 fully saturated rings. The number of anilines is 1. The Balaban J connectivity index is 2.12. The molecule has 0 unspecified atom stereocenters. The van der Waals surface area contributed by atoms with E-state index >= 15 is 0 Å². The molecule has 2 aromatic heterocycles. The van der Waals surface area contributed by atoms with Crippen LogP contribution >= 0.6 is 22.9 Å². The number of halogens is 1. The summed E-state index contributed by atoms with van der Waals surface area (Å²) in [6.45, 7) is 0. The average molecular weight is 278 g/mol. The van der Waals surface area contributed by atoms with Crippen molar-refractivity contribution in [2.45, 2.75) is 0 Å². The Labute approximate surface area is 112 Å². The first-order valence-electron chi connectivity index (χ1n) is 5.18. The van der Waals surface area contributed by atoms with Gasteiger partial charge in [0.1, 0.15) is 6.33 Å². The van der Waals surface area contributed by atoms with Crippen LogP contribution in [0.4, 0.5) is 5.69 Å². The monoisotopic (exact) mass is 277 g/mol. The lowest BCUT2D eigenvalue weighted by Crippen LogP contribution is -2.08. The standard InChI is InChI=1S/C12H8ClN3OS/c13-11-4-3-10(18-11)12(17)16-6-15-8-5-7(14)1-2-9(8)16/h1-6H,14H2. The predicted molar refractivity (Wildman–Crippen MR) is 73.2 cm³/mol. The maximum Gasteiger partial charge on any atom is 0.273 e. The zero-order valence-electron chi connectivity index (χ0n) is 9.13. The van der Waals surface area contributed by atoms with Gasteiger partial charge in [-0.25, -0.2) is 4.98 Å². The van der Waals surface area contributed by atoms with E-state index in [0.29, 0.717) is 20.4 Å². The van der Waals surface area contributed by atoms with E-state index in [-0.39, 0.29) is 5.91 Å². The summed E-state index contributed by atoms with van der Waals surface area (Å²) in [4.78, 5) is 17.0. The second-order valence-corrected chi connectivity index (χ2v) is 5.49. The third-order valence-electron chi connectivity index (χ3n) is 2.57. The van der Waals surface area contributed by atoms with Gasteiger partial charge in [0.15, 0.2) is 0 Å². The highest BCUT2D eigenvalue weighted by Gasteiger charge is 2.14. The highest BCUT2D eigenvalue weighted by Crippen LogP contribution is 2.24. The Hall–Kier alpha value is -1.85. The molecule has 0 aliphatic heterocycles. The smallest absolute Gasteiger partial charge is 0.273 e. The SMILES string of the molecule is Nc1ccc2c(c1)ncn2C(=O)c1ccc(Cl)s1. The van der Waals surface area contributed by atoms with Crippen molar-refractivity contribution in [1.82, 2.24) is 9.55 Å². The highest BCUT2D eigenvalue weighted by atomic mass is 35.5. The Morgan fingerprint density at radius 1 is 1.33 bits per heavy atom. The highest BCUT2D eigenvalue weighted by molar-refractivity contribution is 7.18. The summed E-state index contributed by atoms with van der Waals surface area (Å²) in [6.07, 6.45) is 1.50. The minimum absolute atomic E-state index is 0.140. The second-order valence-electron chi connectivity index (χ2n) is 3.77. The number of benzene rings is 1. The zero-order chi connectivity index (χ0) is 12.7. The maximum atomic E-state index is 12.3. The number of hydrogen-bond donors (Lipinski definition) is 1. The summed E-state index contributed by atoms with van der Waals surface area (Å²) < 4.78 is 2.09. The van der Waals surface area contributed by atoms with Crippen molar-refractivity contribution in [2.24, 2.45) is 0 Å². The van der Waals surface area contributed by atoms with Crippen molar-refractivity contribution in [1.29, 1.82) is 0 Å². The van der Waals surface area contributed by atoms with Crippen LogP contribution in [0.2, 0.25) is 4.34 Å². The molecule has 4 nitrogen and oxygen atoms in total. The van der Waals surface area contributed by atoms with Gasteiger partial charge in [-0.15, -0.1) is 11.3 Å². The van der Waals surface area contributed by atoms with E-state index in [0.717, 1.165) is 5.52 Å². The summed E-state index contributed by atoms with van der Waals surface area (Å²) in [5.41, 5.74) is 7.73. The molecule has 3 aromatic rings. The quantitative estimate of drug-likeness (QED) is 0.696. The molecule has 0 saturated heterocycles. The first-order valence-corrected chi connectivity index (χ1v) is 6.37. The summed E-state index contributed by atoms with van der Waals surface area (Å²) in [5.74, 6) is -0.140. The van der Waals surface area contributed by atoms with Crippen LogP contribution in [0.15, 0.2) is 36.7 Å². The van der Waals surface area contributed by atoms with Crippen LogP contribution in [-0.2, 0) is 0 Å². The molecule has 0 amide bonds. The molecule has 0 radical (unpaired) electrons. The normalized spacial score (nSPS) is 10.9. The zero-order valence-corrected chi connectivity index (χ0v) is 10.7. The molecule has 0 aliphatic rings. The lowest BCUT2D eigenvalue weighted by atomic mass is 10.3. The van der Waals surface area contributed by atoms with Crippen molar-refractivity contribution in [3.8, 4) is 0 Å². The fourth-order valence-corrected chi connectivity index (χ4v) is 2.72. The van der Waals surface area contributed by atoms with Gasteiger partial charge in [-0.1, -0.05) is 11.6 Å². The number of fused-ring (bicyclic) bond motifs is 1. The van der Waals surface area contributed by atoms with E-state index in [2.05, 4.69) is 4.98 Å². The maximum absolute atomic E-state index is 12.3. The summed E-state index contributed by atoms with van der Waals surface area (Å²) in [7, 11) is 0. The lowest BCUT2D eigenvalue weighted by molar-refractivity contribution is 0.0968. The van der Waals surface area contributed by atoms with E-state index in [1.807, 2.05) is 0 Å². The van der Waals surface area contributed by atoms with E-state index in [4.69, 9.17) is 17.3 Å². The number of carbonyl (C=O) groups excluding carboxylic acids is 1. The first kappa shape index (κ1) is 11.3. The van der Waals surface area contributed by atoms with Crippen LogP contribution < -0.4 is 5.73 Å². The number of hydrogen-bond acceptors (Lipinski definition) is 4. The molecule has 0 atom stereocenters. The number of aromatic nitrogens is 2. The van der Waals surface area contributed by atoms with Gasteiger partial charge in [-0.2, -0.15) is 0 Å². The molecule has 2 heterocycles. The van der Waals surface area contributed by atoms with Gasteiger partial charge in [-0.05, 0) is 30.3 Å². The van der Waals surface area contributed by atoms with Gasteiger partial charge < -0.3 is 5.73 Å². The molecule has 90 valence electrons. The van der Waals surface area contributed by atoms with E-state index in [1.165, 1.54) is 22.2 Å². The molecule has 0 spiro atoms. The van der Waals surface area contributed by atoms with Crippen molar-refractivity contribution in [2.75, 3.05) is 5.73 Å². The topological polar surface area (TPSA) is 60.9 Å². The van der Waals surface area contributed by atoms with Crippen molar-refractivity contribution in [3.63, 3.8) is 0 Å². The number of rotatable bonds is 1. The molecule has 0 aliphatic carbocycles. The number of carbonyl (C=O) groups is 1. The van der Waals surface area contributed by atoms with Crippen molar-refractivity contribution >= 4 is 45.6 Å². The summed E-state index contributed by atoms with van der Waals surface area (Å²) in [6, 6.07) is 8.68. The third kappa shape index (κ3) is 1.77. The van der Waals surface area contributed by atoms with E-state index in [9.17, 15) is 4.79 Å². The molecule has 6 heteroatoms. The van der Waals surface area contributed by atoms with E-state index in [1.54, 1.807) is 30.3 Å². The van der Waals surface area contributed by atoms with Crippen LogP contribution in [0.25, 0.3) is 11.0 Å². The van der Waals surface area contributed by atoms with Gasteiger partial charge in [0.25, 0.3) is 5.91 Å². The fraction of sp³-hybridized carbons (Fsp3) is 0. The molecular formula is C12H8ClN3OS. The molecule has 0 saturated carbocycles. The van der Waals surface area contributed by atoms with Crippen molar-refractivity contribution < 1.29 is 4.79 Å². The van der Waals surface area contributed by atoms with Crippen LogP contribution in [0.1, 0.15) is 9.67 Å². The second kappa shape index (κ2) is 4.12. The molecule has 0 bridgehead atoms. The van der Waals surface area contributed by atoms with Crippen LogP contribution in [0.5, 0.6) is 0 Å². The van der Waals surface area contributed by atoms with Crippen molar-refractivity contribution in [3.05, 3.63) is 45.9 Å². The number of nitrogens with two attached hydrogens (primary N) is 1. The number of nitrogen functional groups attached to an aromatic ring is 1. The Morgan fingerprint density at radius 2 is 2.17 bits per heavy atom. The number of imidazole rings is 1. The number of nitrogens with zero attached hydrogens (tertiary/aromatic N) is 2. The minimum atomic E-state index is -0.140. The van der Waals surface area contributed by atoms with Crippen LogP contribution in [-0.4, -0.2) is 15.5 Å². The Morgan fingerprint density at radius 3 is 2.89 bits per heavy atom. The molecule has 1 aromatic carbocycles. The predicted octanol–water partition coefficient (Wildman–Crippen LogP) is 3.02. The Kier molecular flexibility index (Phi) is 2.57. The fourth-order valence-electron chi connectivity index (χ4n) is 1.74. The van der Waals surface area contributed by atoms with E-state index < -0.39 is 0 Å². The van der Waals surface area contributed by atoms with Crippen LogP contribution in [0, 0.1) is 0 Å². The van der Waals surface area contributed by atoms with Crippen LogP contribution in [0.3, 0.4) is 0 Å². The largest absolute Gasteiger partial charge is 0.399 e. The van der Waals surface area contributed by atoms with Gasteiger partial charge in [-0.3, -0.25) is 9.36 Å². The Bertz CT molecular complexity index is 747. The summed E-state index contributed by atoms with van der Waals surface area (Å²) >= 11 is 7.08. The van der Waals surface area contributed by atoms with Gasteiger partial charge >= 0.3 is 0 Å². The minimum Gasteiger partial charge on any atom is -0.399 e. The lowest BCUT2D eigenvalue weighted by Gasteiger charge is -2.00. The van der Waals surface area contributed by atoms with Gasteiger partial charge in [0.05, 0.1) is 20.2 Å².